The molecule has 6 heteroatoms. The van der Waals surface area contributed by atoms with E-state index in [4.69, 9.17) is 0 Å². The lowest BCUT2D eigenvalue weighted by atomic mass is 10.2. The molecule has 2 aromatic heterocycles. The maximum atomic E-state index is 11.0. The van der Waals surface area contributed by atoms with E-state index in [1.165, 1.54) is 23.7 Å². The second-order valence-corrected chi connectivity index (χ2v) is 4.03. The Morgan fingerprint density at radius 2 is 2.50 bits per heavy atom. The zero-order valence-electron chi connectivity index (χ0n) is 8.38. The van der Waals surface area contributed by atoms with Gasteiger partial charge >= 0.3 is 0 Å². The summed E-state index contributed by atoms with van der Waals surface area (Å²) < 4.78 is 0. The van der Waals surface area contributed by atoms with Crippen molar-refractivity contribution < 1.29 is 5.11 Å². The molecule has 1 atom stereocenters. The summed E-state index contributed by atoms with van der Waals surface area (Å²) in [4.78, 5) is 17.3. The summed E-state index contributed by atoms with van der Waals surface area (Å²) in [7, 11) is 0. The fourth-order valence-electron chi connectivity index (χ4n) is 1.25. The molecule has 0 amide bonds. The molecule has 2 heterocycles. The third-order valence-electron chi connectivity index (χ3n) is 2.08. The van der Waals surface area contributed by atoms with Crippen molar-refractivity contribution in [2.24, 2.45) is 0 Å². The molecule has 0 radical (unpaired) electrons. The Kier molecular flexibility index (Phi) is 3.33. The van der Waals surface area contributed by atoms with Crippen LogP contribution in [0.3, 0.4) is 0 Å². The second-order valence-electron chi connectivity index (χ2n) is 3.25. The third-order valence-corrected chi connectivity index (χ3v) is 2.78. The van der Waals surface area contributed by atoms with E-state index in [-0.39, 0.29) is 5.56 Å². The standard InChI is InChI=1S/C10H11N3O2S/c14-8(7-1-2-16-5-7)4-11-9-3-10(15)13-6-12-9/h1-3,5-6,8,14H,4H2,(H2,11,12,13,15). The molecule has 1 unspecified atom stereocenters. The fourth-order valence-corrected chi connectivity index (χ4v) is 1.96. The van der Waals surface area contributed by atoms with Crippen molar-refractivity contribution in [1.82, 2.24) is 9.97 Å². The van der Waals surface area contributed by atoms with E-state index in [2.05, 4.69) is 15.3 Å². The van der Waals surface area contributed by atoms with Gasteiger partial charge in [-0.15, -0.1) is 0 Å². The highest BCUT2D eigenvalue weighted by Gasteiger charge is 2.07. The monoisotopic (exact) mass is 237 g/mol. The normalized spacial score (nSPS) is 12.3. The molecular formula is C10H11N3O2S. The first-order valence-electron chi connectivity index (χ1n) is 4.74. The predicted octanol–water partition coefficient (Wildman–Crippen LogP) is 0.977. The van der Waals surface area contributed by atoms with E-state index in [1.807, 2.05) is 16.8 Å². The molecule has 0 spiro atoms. The van der Waals surface area contributed by atoms with E-state index in [9.17, 15) is 9.90 Å². The van der Waals surface area contributed by atoms with Crippen molar-refractivity contribution in [2.75, 3.05) is 11.9 Å². The zero-order chi connectivity index (χ0) is 11.4. The van der Waals surface area contributed by atoms with Gasteiger partial charge in [-0.1, -0.05) is 0 Å². The predicted molar refractivity (Wildman–Crippen MR) is 62.6 cm³/mol. The maximum Gasteiger partial charge on any atom is 0.252 e. The van der Waals surface area contributed by atoms with Gasteiger partial charge < -0.3 is 15.4 Å². The topological polar surface area (TPSA) is 78.0 Å². The van der Waals surface area contributed by atoms with Crippen LogP contribution in [0.1, 0.15) is 11.7 Å². The van der Waals surface area contributed by atoms with Gasteiger partial charge in [-0.25, -0.2) is 4.98 Å². The van der Waals surface area contributed by atoms with Crippen LogP contribution >= 0.6 is 11.3 Å². The highest BCUT2D eigenvalue weighted by molar-refractivity contribution is 7.07. The van der Waals surface area contributed by atoms with Crippen LogP contribution in [-0.4, -0.2) is 21.6 Å². The van der Waals surface area contributed by atoms with Gasteiger partial charge in [0.05, 0.1) is 12.4 Å². The second kappa shape index (κ2) is 4.91. The summed E-state index contributed by atoms with van der Waals surface area (Å²) in [5.41, 5.74) is 0.643. The average molecular weight is 237 g/mol. The molecule has 0 aromatic carbocycles. The molecule has 0 aliphatic rings. The van der Waals surface area contributed by atoms with E-state index in [0.717, 1.165) is 5.56 Å². The van der Waals surface area contributed by atoms with Gasteiger partial charge in [-0.2, -0.15) is 11.3 Å². The van der Waals surface area contributed by atoms with Crippen LogP contribution < -0.4 is 10.9 Å². The van der Waals surface area contributed by atoms with Gasteiger partial charge in [0.25, 0.3) is 5.56 Å². The van der Waals surface area contributed by atoms with Crippen LogP contribution in [0.15, 0.2) is 34.0 Å². The fraction of sp³-hybridized carbons (Fsp3) is 0.200. The number of hydrogen-bond acceptors (Lipinski definition) is 5. The maximum absolute atomic E-state index is 11.0. The minimum absolute atomic E-state index is 0.220. The highest BCUT2D eigenvalue weighted by Crippen LogP contribution is 2.16. The Morgan fingerprint density at radius 1 is 1.62 bits per heavy atom. The van der Waals surface area contributed by atoms with E-state index in [1.54, 1.807) is 0 Å². The first-order valence-corrected chi connectivity index (χ1v) is 5.69. The summed E-state index contributed by atoms with van der Waals surface area (Å²) >= 11 is 1.53. The largest absolute Gasteiger partial charge is 0.387 e. The minimum Gasteiger partial charge on any atom is -0.387 e. The quantitative estimate of drug-likeness (QED) is 0.740. The summed E-state index contributed by atoms with van der Waals surface area (Å²) in [6.07, 6.45) is 0.731. The third kappa shape index (κ3) is 2.68. The van der Waals surface area contributed by atoms with Crippen LogP contribution in [0.25, 0.3) is 0 Å². The van der Waals surface area contributed by atoms with Gasteiger partial charge in [0.1, 0.15) is 5.82 Å². The molecule has 84 valence electrons. The van der Waals surface area contributed by atoms with Gasteiger partial charge in [-0.05, 0) is 22.4 Å². The summed E-state index contributed by atoms with van der Waals surface area (Å²) in [6, 6.07) is 3.21. The highest BCUT2D eigenvalue weighted by atomic mass is 32.1. The van der Waals surface area contributed by atoms with Gasteiger partial charge in [-0.3, -0.25) is 4.79 Å². The van der Waals surface area contributed by atoms with Crippen LogP contribution in [0.2, 0.25) is 0 Å². The van der Waals surface area contributed by atoms with E-state index < -0.39 is 6.10 Å². The molecule has 2 aromatic rings. The van der Waals surface area contributed by atoms with Crippen LogP contribution in [0.4, 0.5) is 5.82 Å². The molecular weight excluding hydrogens is 226 g/mol. The summed E-state index contributed by atoms with van der Waals surface area (Å²) in [5.74, 6) is 0.457. The lowest BCUT2D eigenvalue weighted by Crippen LogP contribution is -2.14. The number of thiophene rings is 1. The van der Waals surface area contributed by atoms with Crippen LogP contribution in [0.5, 0.6) is 0 Å². The average Bonchev–Trinajstić information content (AvgIpc) is 2.79. The van der Waals surface area contributed by atoms with Crippen molar-refractivity contribution in [3.63, 3.8) is 0 Å². The van der Waals surface area contributed by atoms with Crippen molar-refractivity contribution >= 4 is 17.2 Å². The molecule has 0 bridgehead atoms. The summed E-state index contributed by atoms with van der Waals surface area (Å²) in [5, 5.41) is 16.5. The molecule has 3 N–H and O–H groups in total. The van der Waals surface area contributed by atoms with E-state index >= 15 is 0 Å². The number of aliphatic hydroxyl groups is 1. The number of anilines is 1. The number of aromatic amines is 1. The van der Waals surface area contributed by atoms with Gasteiger partial charge in [0.2, 0.25) is 0 Å². The molecule has 0 saturated heterocycles. The lowest BCUT2D eigenvalue weighted by Gasteiger charge is -2.10. The van der Waals surface area contributed by atoms with Crippen molar-refractivity contribution in [2.45, 2.75) is 6.10 Å². The Labute approximate surface area is 95.8 Å². The Morgan fingerprint density at radius 3 is 3.19 bits per heavy atom. The summed E-state index contributed by atoms with van der Waals surface area (Å²) in [6.45, 7) is 0.327. The molecule has 2 rings (SSSR count). The molecule has 0 fully saturated rings. The number of hydrogen-bond donors (Lipinski definition) is 3. The van der Waals surface area contributed by atoms with Crippen molar-refractivity contribution in [3.8, 4) is 0 Å². The molecule has 0 aliphatic carbocycles. The molecule has 0 saturated carbocycles. The smallest absolute Gasteiger partial charge is 0.252 e. The van der Waals surface area contributed by atoms with Crippen LogP contribution in [0, 0.1) is 0 Å². The number of aromatic nitrogens is 2. The van der Waals surface area contributed by atoms with Crippen molar-refractivity contribution in [1.29, 1.82) is 0 Å². The Bertz CT molecular complexity index is 495. The number of nitrogens with one attached hydrogen (secondary N) is 2. The zero-order valence-corrected chi connectivity index (χ0v) is 9.20. The number of rotatable bonds is 4. The first-order chi connectivity index (χ1) is 7.75. The first kappa shape index (κ1) is 10.8. The molecule has 0 aliphatic heterocycles. The number of nitrogens with zero attached hydrogens (tertiary/aromatic N) is 1. The minimum atomic E-state index is -0.590. The van der Waals surface area contributed by atoms with Gasteiger partial charge in [0, 0.05) is 12.6 Å². The van der Waals surface area contributed by atoms with Crippen LogP contribution in [-0.2, 0) is 0 Å². The van der Waals surface area contributed by atoms with Crippen molar-refractivity contribution in [3.05, 3.63) is 45.1 Å². The van der Waals surface area contributed by atoms with Gasteiger partial charge in [0.15, 0.2) is 0 Å². The number of H-pyrrole nitrogens is 1. The van der Waals surface area contributed by atoms with E-state index in [0.29, 0.717) is 12.4 Å². The molecule has 16 heavy (non-hydrogen) atoms. The Hall–Kier alpha value is -1.66. The Balaban J connectivity index is 1.95. The number of aliphatic hydroxyl groups excluding tert-OH is 1. The lowest BCUT2D eigenvalue weighted by molar-refractivity contribution is 0.192. The molecule has 5 nitrogen and oxygen atoms in total. The SMILES string of the molecule is O=c1cc(NCC(O)c2ccsc2)nc[nH]1.